The SMILES string of the molecule is CN1CCN(c2ccc(CNc3ncnc(Nc4cc(C5CC5)[nH]n4)c3C#N)cc2)CC1. The van der Waals surface area contributed by atoms with Crippen LogP contribution in [0.1, 0.15) is 35.6 Å². The molecule has 32 heavy (non-hydrogen) atoms. The molecule has 3 N–H and O–H groups in total. The lowest BCUT2D eigenvalue weighted by Gasteiger charge is -2.34. The highest BCUT2D eigenvalue weighted by Crippen LogP contribution is 2.39. The number of aromatic nitrogens is 4. The fourth-order valence-electron chi connectivity index (χ4n) is 3.92. The maximum atomic E-state index is 9.73. The van der Waals surface area contributed by atoms with Crippen LogP contribution < -0.4 is 15.5 Å². The molecule has 0 bridgehead atoms. The van der Waals surface area contributed by atoms with Gasteiger partial charge in [0, 0.05) is 56.1 Å². The number of nitrogens with one attached hydrogen (secondary N) is 3. The van der Waals surface area contributed by atoms with Crippen LogP contribution in [0.15, 0.2) is 36.7 Å². The highest BCUT2D eigenvalue weighted by molar-refractivity contribution is 5.68. The van der Waals surface area contributed by atoms with Crippen molar-refractivity contribution < 1.29 is 0 Å². The normalized spacial score (nSPS) is 16.6. The molecule has 2 fully saturated rings. The second-order valence-electron chi connectivity index (χ2n) is 8.48. The molecule has 0 spiro atoms. The largest absolute Gasteiger partial charge is 0.369 e. The summed E-state index contributed by atoms with van der Waals surface area (Å²) in [7, 11) is 2.16. The Hall–Kier alpha value is -3.64. The quantitative estimate of drug-likeness (QED) is 0.526. The Morgan fingerprint density at radius 1 is 1.09 bits per heavy atom. The zero-order valence-electron chi connectivity index (χ0n) is 18.2. The molecule has 0 amide bonds. The summed E-state index contributed by atoms with van der Waals surface area (Å²) in [6.07, 6.45) is 3.85. The number of nitrogens with zero attached hydrogens (tertiary/aromatic N) is 6. The zero-order valence-corrected chi connectivity index (χ0v) is 18.2. The van der Waals surface area contributed by atoms with E-state index in [1.807, 2.05) is 6.07 Å². The lowest BCUT2D eigenvalue weighted by atomic mass is 10.1. The molecule has 1 aromatic carbocycles. The first-order valence-corrected chi connectivity index (χ1v) is 11.0. The van der Waals surface area contributed by atoms with Gasteiger partial charge in [-0.2, -0.15) is 10.4 Å². The number of hydrogen-bond donors (Lipinski definition) is 3. The minimum Gasteiger partial charge on any atom is -0.369 e. The maximum Gasteiger partial charge on any atom is 0.155 e. The summed E-state index contributed by atoms with van der Waals surface area (Å²) in [5, 5.41) is 23.5. The number of rotatable bonds is 7. The Labute approximate surface area is 187 Å². The van der Waals surface area contributed by atoms with Gasteiger partial charge in [0.2, 0.25) is 0 Å². The van der Waals surface area contributed by atoms with Crippen LogP contribution in [0.2, 0.25) is 0 Å². The molecule has 0 atom stereocenters. The molecule has 1 aliphatic heterocycles. The van der Waals surface area contributed by atoms with Crippen molar-refractivity contribution in [2.24, 2.45) is 0 Å². The van der Waals surface area contributed by atoms with Crippen molar-refractivity contribution in [3.8, 4) is 6.07 Å². The van der Waals surface area contributed by atoms with Gasteiger partial charge in [0.15, 0.2) is 11.6 Å². The molecule has 164 valence electrons. The number of benzene rings is 1. The Morgan fingerprint density at radius 3 is 2.56 bits per heavy atom. The van der Waals surface area contributed by atoms with E-state index in [2.05, 4.69) is 78.0 Å². The van der Waals surface area contributed by atoms with Gasteiger partial charge in [0.25, 0.3) is 0 Å². The fourth-order valence-corrected chi connectivity index (χ4v) is 3.92. The van der Waals surface area contributed by atoms with Crippen molar-refractivity contribution in [1.29, 1.82) is 5.26 Å². The van der Waals surface area contributed by atoms with E-state index in [1.165, 1.54) is 24.9 Å². The average Bonchev–Trinajstić information content (AvgIpc) is 3.57. The summed E-state index contributed by atoms with van der Waals surface area (Å²) in [5.41, 5.74) is 3.87. The van der Waals surface area contributed by atoms with Crippen LogP contribution in [-0.4, -0.2) is 58.3 Å². The summed E-state index contributed by atoms with van der Waals surface area (Å²) in [6.45, 7) is 4.85. The number of piperazine rings is 1. The Balaban J connectivity index is 1.24. The molecule has 3 aromatic rings. The number of likely N-dealkylation sites (N-methyl/N-ethyl adjacent to an activating group) is 1. The third-order valence-corrected chi connectivity index (χ3v) is 6.09. The molecule has 2 aromatic heterocycles. The van der Waals surface area contributed by atoms with Crippen molar-refractivity contribution >= 4 is 23.1 Å². The van der Waals surface area contributed by atoms with Crippen molar-refractivity contribution in [3.63, 3.8) is 0 Å². The van der Waals surface area contributed by atoms with E-state index >= 15 is 0 Å². The van der Waals surface area contributed by atoms with Gasteiger partial charge in [-0.3, -0.25) is 5.10 Å². The third kappa shape index (κ3) is 4.50. The summed E-state index contributed by atoms with van der Waals surface area (Å²) < 4.78 is 0. The first-order valence-electron chi connectivity index (χ1n) is 11.0. The molecule has 9 nitrogen and oxygen atoms in total. The predicted octanol–water partition coefficient (Wildman–Crippen LogP) is 3.06. The van der Waals surface area contributed by atoms with Crippen LogP contribution >= 0.6 is 0 Å². The molecule has 5 rings (SSSR count). The summed E-state index contributed by atoms with van der Waals surface area (Å²) >= 11 is 0. The van der Waals surface area contributed by atoms with Gasteiger partial charge in [0.05, 0.1) is 0 Å². The van der Waals surface area contributed by atoms with Gasteiger partial charge in [0.1, 0.15) is 23.8 Å². The van der Waals surface area contributed by atoms with Crippen LogP contribution in [0.5, 0.6) is 0 Å². The van der Waals surface area contributed by atoms with Crippen molar-refractivity contribution in [2.45, 2.75) is 25.3 Å². The van der Waals surface area contributed by atoms with E-state index in [4.69, 9.17) is 0 Å². The van der Waals surface area contributed by atoms with E-state index in [1.54, 1.807) is 0 Å². The van der Waals surface area contributed by atoms with E-state index < -0.39 is 0 Å². The molecular weight excluding hydrogens is 402 g/mol. The topological polar surface area (TPSA) is 109 Å². The van der Waals surface area contributed by atoms with Crippen LogP contribution in [-0.2, 0) is 6.54 Å². The number of nitriles is 1. The zero-order chi connectivity index (χ0) is 21.9. The molecular formula is C23H27N9. The molecule has 1 aliphatic carbocycles. The van der Waals surface area contributed by atoms with Crippen LogP contribution in [0.25, 0.3) is 0 Å². The van der Waals surface area contributed by atoms with E-state index in [9.17, 15) is 5.26 Å². The molecule has 9 heteroatoms. The third-order valence-electron chi connectivity index (χ3n) is 6.09. The van der Waals surface area contributed by atoms with Crippen molar-refractivity contribution in [2.75, 3.05) is 48.8 Å². The van der Waals surface area contributed by atoms with Gasteiger partial charge < -0.3 is 20.4 Å². The number of aromatic amines is 1. The summed E-state index contributed by atoms with van der Waals surface area (Å²) in [4.78, 5) is 13.3. The molecule has 0 radical (unpaired) electrons. The maximum absolute atomic E-state index is 9.73. The smallest absolute Gasteiger partial charge is 0.155 e. The number of anilines is 4. The molecule has 1 saturated carbocycles. The molecule has 3 heterocycles. The first-order chi connectivity index (χ1) is 15.7. The van der Waals surface area contributed by atoms with Gasteiger partial charge in [-0.1, -0.05) is 12.1 Å². The predicted molar refractivity (Wildman–Crippen MR) is 124 cm³/mol. The number of H-pyrrole nitrogens is 1. The van der Waals surface area contributed by atoms with Gasteiger partial charge in [-0.15, -0.1) is 0 Å². The molecule has 0 unspecified atom stereocenters. The molecule has 2 aliphatic rings. The van der Waals surface area contributed by atoms with Crippen LogP contribution in [0, 0.1) is 11.3 Å². The first kappa shape index (κ1) is 20.3. The standard InChI is InChI=1S/C23H27N9/c1-31-8-10-32(11-9-31)18-6-2-16(3-7-18)14-25-22-19(13-24)23(27-15-26-22)28-21-12-20(29-30-21)17-4-5-17/h2-3,6-7,12,15,17H,4-5,8-11,14H2,1H3,(H3,25,26,27,28,29,30). The minimum atomic E-state index is 0.373. The fraction of sp³-hybridized carbons (Fsp3) is 0.391. The monoisotopic (exact) mass is 429 g/mol. The summed E-state index contributed by atoms with van der Waals surface area (Å²) in [5.74, 6) is 2.20. The minimum absolute atomic E-state index is 0.373. The molecule has 1 saturated heterocycles. The van der Waals surface area contributed by atoms with E-state index in [0.29, 0.717) is 35.5 Å². The summed E-state index contributed by atoms with van der Waals surface area (Å²) in [6, 6.07) is 12.8. The second-order valence-corrected chi connectivity index (χ2v) is 8.48. The highest BCUT2D eigenvalue weighted by atomic mass is 15.2. The van der Waals surface area contributed by atoms with Gasteiger partial charge in [-0.25, -0.2) is 9.97 Å². The lowest BCUT2D eigenvalue weighted by Crippen LogP contribution is -2.44. The van der Waals surface area contributed by atoms with Gasteiger partial charge >= 0.3 is 0 Å². The Morgan fingerprint density at radius 2 is 1.84 bits per heavy atom. The highest BCUT2D eigenvalue weighted by Gasteiger charge is 2.25. The van der Waals surface area contributed by atoms with Gasteiger partial charge in [-0.05, 0) is 37.6 Å². The number of hydrogen-bond acceptors (Lipinski definition) is 8. The second kappa shape index (κ2) is 8.85. The van der Waals surface area contributed by atoms with Crippen LogP contribution in [0.3, 0.4) is 0 Å². The van der Waals surface area contributed by atoms with Crippen LogP contribution in [0.4, 0.5) is 23.1 Å². The average molecular weight is 430 g/mol. The Bertz CT molecular complexity index is 1100. The van der Waals surface area contributed by atoms with E-state index in [0.717, 1.165) is 37.4 Å². The Kier molecular flexibility index (Phi) is 5.60. The van der Waals surface area contributed by atoms with Crippen molar-refractivity contribution in [3.05, 3.63) is 53.5 Å². The lowest BCUT2D eigenvalue weighted by molar-refractivity contribution is 0.313. The van der Waals surface area contributed by atoms with Crippen molar-refractivity contribution in [1.82, 2.24) is 25.1 Å². The van der Waals surface area contributed by atoms with E-state index in [-0.39, 0.29) is 0 Å².